The maximum atomic E-state index is 13.1. The molecular weight excluding hydrogens is 328 g/mol. The molecule has 1 aliphatic heterocycles. The molecule has 0 aliphatic carbocycles. The third-order valence-electron chi connectivity index (χ3n) is 5.01. The average Bonchev–Trinajstić information content (AvgIpc) is 3.19. The number of amides is 2. The number of carbonyl (C=O) groups is 2. The zero-order chi connectivity index (χ0) is 18.3. The summed E-state index contributed by atoms with van der Waals surface area (Å²) in [5.41, 5.74) is 2.60. The standard InChI is InChI=1S/C21H20N2O3/c1-3-22-13-18(16-6-4-5-7-19(16)22)17-12-20(24)23(21(17)25)14-8-10-15(26-2)11-9-14/h4-11,13,17H,3,12H2,1-2H3/t17-/m1/s1. The largest absolute Gasteiger partial charge is 0.497 e. The summed E-state index contributed by atoms with van der Waals surface area (Å²) in [6.45, 7) is 2.89. The van der Waals surface area contributed by atoms with Gasteiger partial charge >= 0.3 is 0 Å². The monoisotopic (exact) mass is 348 g/mol. The van der Waals surface area contributed by atoms with Gasteiger partial charge in [0.25, 0.3) is 0 Å². The Bertz CT molecular complexity index is 988. The van der Waals surface area contributed by atoms with E-state index in [1.54, 1.807) is 31.4 Å². The zero-order valence-electron chi connectivity index (χ0n) is 14.8. The van der Waals surface area contributed by atoms with Crippen LogP contribution in [0.4, 0.5) is 5.69 Å². The molecule has 4 rings (SSSR count). The predicted octanol–water partition coefficient (Wildman–Crippen LogP) is 3.72. The summed E-state index contributed by atoms with van der Waals surface area (Å²) >= 11 is 0. The summed E-state index contributed by atoms with van der Waals surface area (Å²) in [5.74, 6) is -0.0876. The highest BCUT2D eigenvalue weighted by Crippen LogP contribution is 2.37. The van der Waals surface area contributed by atoms with Crippen LogP contribution in [0.15, 0.2) is 54.7 Å². The number of nitrogens with zero attached hydrogens (tertiary/aromatic N) is 2. The van der Waals surface area contributed by atoms with Gasteiger partial charge in [-0.25, -0.2) is 0 Å². The first-order valence-electron chi connectivity index (χ1n) is 8.72. The normalized spacial score (nSPS) is 17.3. The van der Waals surface area contributed by atoms with Gasteiger partial charge in [0, 0.05) is 30.1 Å². The Kier molecular flexibility index (Phi) is 3.99. The Morgan fingerprint density at radius 2 is 1.81 bits per heavy atom. The first-order chi connectivity index (χ1) is 12.6. The van der Waals surface area contributed by atoms with E-state index in [9.17, 15) is 9.59 Å². The van der Waals surface area contributed by atoms with E-state index in [2.05, 4.69) is 11.5 Å². The molecule has 0 N–H and O–H groups in total. The van der Waals surface area contributed by atoms with Crippen molar-refractivity contribution in [3.05, 3.63) is 60.3 Å². The summed E-state index contributed by atoms with van der Waals surface area (Å²) in [4.78, 5) is 27.0. The van der Waals surface area contributed by atoms with Gasteiger partial charge in [-0.15, -0.1) is 0 Å². The van der Waals surface area contributed by atoms with Gasteiger partial charge in [-0.3, -0.25) is 14.5 Å². The van der Waals surface area contributed by atoms with Gasteiger partial charge in [0.2, 0.25) is 11.8 Å². The highest BCUT2D eigenvalue weighted by atomic mass is 16.5. The predicted molar refractivity (Wildman–Crippen MR) is 100 cm³/mol. The number of aryl methyl sites for hydroxylation is 1. The van der Waals surface area contributed by atoms with Gasteiger partial charge in [0.15, 0.2) is 0 Å². The number of rotatable bonds is 4. The van der Waals surface area contributed by atoms with Crippen LogP contribution in [-0.2, 0) is 16.1 Å². The number of fused-ring (bicyclic) bond motifs is 1. The van der Waals surface area contributed by atoms with E-state index >= 15 is 0 Å². The molecule has 1 fully saturated rings. The lowest BCUT2D eigenvalue weighted by Gasteiger charge is -2.15. The van der Waals surface area contributed by atoms with Gasteiger partial charge in [-0.05, 0) is 42.8 Å². The lowest BCUT2D eigenvalue weighted by Crippen LogP contribution is -2.29. The fraction of sp³-hybridized carbons (Fsp3) is 0.238. The summed E-state index contributed by atoms with van der Waals surface area (Å²) < 4.78 is 7.27. The smallest absolute Gasteiger partial charge is 0.241 e. The number of aromatic nitrogens is 1. The van der Waals surface area contributed by atoms with Gasteiger partial charge in [0.1, 0.15) is 5.75 Å². The van der Waals surface area contributed by atoms with Crippen molar-refractivity contribution in [3.63, 3.8) is 0 Å². The minimum atomic E-state index is -0.442. The molecule has 2 heterocycles. The summed E-state index contributed by atoms with van der Waals surface area (Å²) in [6, 6.07) is 15.0. The molecule has 0 radical (unpaired) electrons. The quantitative estimate of drug-likeness (QED) is 0.675. The summed E-state index contributed by atoms with van der Waals surface area (Å²) in [6.07, 6.45) is 2.21. The molecule has 0 spiro atoms. The number of para-hydroxylation sites is 1. The average molecular weight is 348 g/mol. The molecule has 2 amide bonds. The van der Waals surface area contributed by atoms with E-state index in [0.717, 1.165) is 23.0 Å². The van der Waals surface area contributed by atoms with Crippen LogP contribution in [0.3, 0.4) is 0 Å². The second-order valence-corrected chi connectivity index (χ2v) is 6.41. The minimum Gasteiger partial charge on any atom is -0.497 e. The fourth-order valence-electron chi connectivity index (χ4n) is 3.69. The van der Waals surface area contributed by atoms with Crippen LogP contribution in [0.1, 0.15) is 24.8 Å². The number of benzene rings is 2. The van der Waals surface area contributed by atoms with Crippen LogP contribution >= 0.6 is 0 Å². The topological polar surface area (TPSA) is 51.5 Å². The minimum absolute atomic E-state index is 0.167. The molecule has 5 heteroatoms. The molecule has 26 heavy (non-hydrogen) atoms. The lowest BCUT2D eigenvalue weighted by atomic mass is 9.97. The molecule has 0 bridgehead atoms. The van der Waals surface area contributed by atoms with Gasteiger partial charge in [0.05, 0.1) is 18.7 Å². The molecular formula is C21H20N2O3. The van der Waals surface area contributed by atoms with Crippen molar-refractivity contribution in [1.82, 2.24) is 4.57 Å². The second kappa shape index (κ2) is 6.33. The van der Waals surface area contributed by atoms with Crippen molar-refractivity contribution < 1.29 is 14.3 Å². The Morgan fingerprint density at radius 3 is 2.50 bits per heavy atom. The fourth-order valence-corrected chi connectivity index (χ4v) is 3.69. The molecule has 3 aromatic rings. The van der Waals surface area contributed by atoms with E-state index in [-0.39, 0.29) is 18.2 Å². The number of carbonyl (C=O) groups excluding carboxylic acids is 2. The van der Waals surface area contributed by atoms with E-state index in [0.29, 0.717) is 11.4 Å². The molecule has 1 atom stereocenters. The Hall–Kier alpha value is -3.08. The Labute approximate surface area is 151 Å². The van der Waals surface area contributed by atoms with E-state index in [1.165, 1.54) is 4.90 Å². The van der Waals surface area contributed by atoms with Crippen LogP contribution in [0, 0.1) is 0 Å². The van der Waals surface area contributed by atoms with E-state index in [4.69, 9.17) is 4.74 Å². The van der Waals surface area contributed by atoms with Crippen molar-refractivity contribution in [2.45, 2.75) is 25.8 Å². The molecule has 0 saturated carbocycles. The molecule has 1 aliphatic rings. The highest BCUT2D eigenvalue weighted by Gasteiger charge is 2.41. The maximum Gasteiger partial charge on any atom is 0.241 e. The molecule has 2 aromatic carbocycles. The van der Waals surface area contributed by atoms with Gasteiger partial charge in [-0.1, -0.05) is 18.2 Å². The number of methoxy groups -OCH3 is 1. The Morgan fingerprint density at radius 1 is 1.08 bits per heavy atom. The number of hydrogen-bond donors (Lipinski definition) is 0. The Balaban J connectivity index is 1.73. The maximum absolute atomic E-state index is 13.1. The zero-order valence-corrected chi connectivity index (χ0v) is 14.8. The molecule has 1 saturated heterocycles. The van der Waals surface area contributed by atoms with Crippen molar-refractivity contribution in [3.8, 4) is 5.75 Å². The van der Waals surface area contributed by atoms with Crippen LogP contribution in [-0.4, -0.2) is 23.5 Å². The second-order valence-electron chi connectivity index (χ2n) is 6.41. The SMILES string of the molecule is CCn1cc([C@H]2CC(=O)N(c3ccc(OC)cc3)C2=O)c2ccccc21. The van der Waals surface area contributed by atoms with Crippen LogP contribution in [0.25, 0.3) is 10.9 Å². The first kappa shape index (κ1) is 16.4. The van der Waals surface area contributed by atoms with Crippen LogP contribution in [0.5, 0.6) is 5.75 Å². The van der Waals surface area contributed by atoms with Gasteiger partial charge < -0.3 is 9.30 Å². The van der Waals surface area contributed by atoms with Crippen molar-refractivity contribution in [1.29, 1.82) is 0 Å². The molecule has 132 valence electrons. The summed E-state index contributed by atoms with van der Waals surface area (Å²) in [5, 5.41) is 1.04. The molecule has 5 nitrogen and oxygen atoms in total. The molecule has 1 aromatic heterocycles. The van der Waals surface area contributed by atoms with Gasteiger partial charge in [-0.2, -0.15) is 0 Å². The van der Waals surface area contributed by atoms with Crippen molar-refractivity contribution in [2.24, 2.45) is 0 Å². The van der Waals surface area contributed by atoms with E-state index < -0.39 is 5.92 Å². The summed E-state index contributed by atoms with van der Waals surface area (Å²) in [7, 11) is 1.58. The number of imide groups is 1. The third-order valence-corrected chi connectivity index (χ3v) is 5.01. The third kappa shape index (κ3) is 2.47. The van der Waals surface area contributed by atoms with Crippen molar-refractivity contribution in [2.75, 3.05) is 12.0 Å². The highest BCUT2D eigenvalue weighted by molar-refractivity contribution is 6.23. The van der Waals surface area contributed by atoms with Crippen LogP contribution in [0.2, 0.25) is 0 Å². The van der Waals surface area contributed by atoms with Crippen molar-refractivity contribution >= 4 is 28.4 Å². The number of ether oxygens (including phenoxy) is 1. The lowest BCUT2D eigenvalue weighted by molar-refractivity contribution is -0.121. The number of anilines is 1. The van der Waals surface area contributed by atoms with E-state index in [1.807, 2.05) is 30.5 Å². The first-order valence-corrected chi connectivity index (χ1v) is 8.72. The number of hydrogen-bond acceptors (Lipinski definition) is 3. The van der Waals surface area contributed by atoms with Crippen LogP contribution < -0.4 is 9.64 Å². The molecule has 0 unspecified atom stereocenters.